The van der Waals surface area contributed by atoms with Crippen LogP contribution in [-0.2, 0) is 22.9 Å². The maximum Gasteiger partial charge on any atom is 0.252 e. The molecule has 0 heterocycles. The highest BCUT2D eigenvalue weighted by Gasteiger charge is 2.32. The second-order valence-corrected chi connectivity index (χ2v) is 13.4. The lowest BCUT2D eigenvalue weighted by molar-refractivity contribution is 0.0774. The van der Waals surface area contributed by atoms with Crippen molar-refractivity contribution in [3.05, 3.63) is 109 Å². The Bertz CT molecular complexity index is 1540. The summed E-state index contributed by atoms with van der Waals surface area (Å²) in [7, 11) is -2.50. The Kier molecular flexibility index (Phi) is 13.9. The number of carbonyl (C=O) groups is 1. The molecule has 2 atom stereocenters. The molecule has 0 fully saturated rings. The monoisotopic (exact) mass is 650 g/mol. The number of aliphatic hydroxyl groups excluding tert-OH is 1. The lowest BCUT2D eigenvalue weighted by Crippen LogP contribution is -2.51. The van der Waals surface area contributed by atoms with Crippen LogP contribution in [0.3, 0.4) is 0 Å². The van der Waals surface area contributed by atoms with E-state index in [-0.39, 0.29) is 41.6 Å². The second kappa shape index (κ2) is 17.5. The number of phenolic OH excluding ortho intramolecular Hbond substituents is 1. The van der Waals surface area contributed by atoms with Crippen molar-refractivity contribution in [3.63, 3.8) is 0 Å². The summed E-state index contributed by atoms with van der Waals surface area (Å²) < 4.78 is 39.7. The molecule has 0 unspecified atom stereocenters. The lowest BCUT2D eigenvalue weighted by Gasteiger charge is -2.31. The number of sulfonamides is 1. The molecule has 10 heteroatoms. The van der Waals surface area contributed by atoms with Gasteiger partial charge in [-0.05, 0) is 85.7 Å². The summed E-state index contributed by atoms with van der Waals surface area (Å²) in [6, 6.07) is 17.2. The summed E-state index contributed by atoms with van der Waals surface area (Å²) in [5.74, 6) is 0.659. The second-order valence-electron chi connectivity index (χ2n) is 11.4. The third kappa shape index (κ3) is 10.2. The average molecular weight is 651 g/mol. The predicted octanol–water partition coefficient (Wildman–Crippen LogP) is 5.52. The number of aromatic hydroxyl groups is 1. The fraction of sp³-hybridized carbons (Fsp3) is 0.361. The number of nitrogens with one attached hydrogen (secondary N) is 1. The van der Waals surface area contributed by atoms with Crippen LogP contribution in [0.5, 0.6) is 17.2 Å². The largest absolute Gasteiger partial charge is 0.508 e. The third-order valence-electron chi connectivity index (χ3n) is 7.40. The highest BCUT2D eigenvalue weighted by molar-refractivity contribution is 7.89. The van der Waals surface area contributed by atoms with Gasteiger partial charge in [-0.3, -0.25) is 4.79 Å². The van der Waals surface area contributed by atoms with Crippen molar-refractivity contribution in [2.24, 2.45) is 5.92 Å². The van der Waals surface area contributed by atoms with Gasteiger partial charge in [-0.25, -0.2) is 8.42 Å². The fourth-order valence-corrected chi connectivity index (χ4v) is 6.59. The van der Waals surface area contributed by atoms with Crippen LogP contribution in [-0.4, -0.2) is 67.8 Å². The summed E-state index contributed by atoms with van der Waals surface area (Å²) in [5.41, 5.74) is 1.55. The normalized spacial score (nSPS) is 12.8. The number of aliphatic hydroxyl groups is 1. The zero-order chi connectivity index (χ0) is 33.7. The van der Waals surface area contributed by atoms with Gasteiger partial charge < -0.3 is 25.0 Å². The summed E-state index contributed by atoms with van der Waals surface area (Å²) in [4.78, 5) is 13.8. The van der Waals surface area contributed by atoms with E-state index in [0.717, 1.165) is 5.56 Å². The first-order valence-electron chi connectivity index (χ1n) is 15.4. The number of carbonyl (C=O) groups excluding carboxylic acids is 1. The Morgan fingerprint density at radius 2 is 1.61 bits per heavy atom. The maximum absolute atomic E-state index is 13.8. The molecule has 9 nitrogen and oxygen atoms in total. The van der Waals surface area contributed by atoms with Crippen molar-refractivity contribution in [2.45, 2.75) is 56.6 Å². The number of nitrogens with zero attached hydrogens (tertiary/aromatic N) is 1. The van der Waals surface area contributed by atoms with E-state index in [9.17, 15) is 23.4 Å². The lowest BCUT2D eigenvalue weighted by atomic mass is 9.98. The van der Waals surface area contributed by atoms with E-state index in [1.807, 2.05) is 38.1 Å². The molecule has 3 aromatic carbocycles. The molecule has 0 aliphatic rings. The SMILES string of the molecule is C=CCCOc1ccc(C[C@H](NC(=O)c2cccc(O)c2CCC=C)[C@H](O)CN(CC(C)C)S(=O)(=O)c2ccc(OC)cc2)cc1. The summed E-state index contributed by atoms with van der Waals surface area (Å²) in [6.07, 6.45) is 4.07. The van der Waals surface area contributed by atoms with Gasteiger partial charge in [0.15, 0.2) is 0 Å². The van der Waals surface area contributed by atoms with Gasteiger partial charge in [0.25, 0.3) is 5.91 Å². The van der Waals surface area contributed by atoms with Crippen LogP contribution in [0.1, 0.15) is 48.2 Å². The number of phenols is 1. The topological polar surface area (TPSA) is 125 Å². The van der Waals surface area contributed by atoms with Crippen LogP contribution in [0, 0.1) is 5.92 Å². The van der Waals surface area contributed by atoms with E-state index in [1.54, 1.807) is 36.4 Å². The molecule has 3 N–H and O–H groups in total. The molecule has 0 aliphatic carbocycles. The molecule has 0 saturated carbocycles. The van der Waals surface area contributed by atoms with Crippen molar-refractivity contribution >= 4 is 15.9 Å². The molecule has 0 aromatic heterocycles. The number of hydrogen-bond acceptors (Lipinski definition) is 7. The van der Waals surface area contributed by atoms with E-state index >= 15 is 0 Å². The fourth-order valence-electron chi connectivity index (χ4n) is 4.97. The number of methoxy groups -OCH3 is 1. The number of rotatable bonds is 19. The molecule has 0 aliphatic heterocycles. The predicted molar refractivity (Wildman–Crippen MR) is 181 cm³/mol. The quantitative estimate of drug-likeness (QED) is 0.115. The van der Waals surface area contributed by atoms with Crippen molar-refractivity contribution < 1.29 is 32.9 Å². The minimum atomic E-state index is -4.00. The Balaban J connectivity index is 1.94. The Labute approximate surface area is 273 Å². The van der Waals surface area contributed by atoms with Crippen molar-refractivity contribution in [1.29, 1.82) is 0 Å². The van der Waals surface area contributed by atoms with E-state index < -0.39 is 28.1 Å². The number of benzene rings is 3. The van der Waals surface area contributed by atoms with Gasteiger partial charge in [0.1, 0.15) is 17.2 Å². The third-order valence-corrected chi connectivity index (χ3v) is 9.25. The van der Waals surface area contributed by atoms with Crippen LogP contribution in [0.2, 0.25) is 0 Å². The standard InChI is InChI=1S/C36H46N2O7S/c1-6-8-11-31-32(12-10-13-34(31)39)36(41)37-33(23-27-14-16-29(17-15-27)45-22-9-7-2)35(40)25-38(24-26(3)4)46(42,43)30-20-18-28(44-5)19-21-30/h6-7,10,12-21,26,33,35,39-40H,1-2,8-9,11,22-25H2,3-5H3,(H,37,41)/t33-,35+/m0/s1. The van der Waals surface area contributed by atoms with Gasteiger partial charge in [-0.15, -0.1) is 13.2 Å². The summed E-state index contributed by atoms with van der Waals surface area (Å²) in [5, 5.41) is 25.1. The zero-order valence-electron chi connectivity index (χ0n) is 26.9. The molecular weight excluding hydrogens is 604 g/mol. The molecule has 3 aromatic rings. The molecule has 0 bridgehead atoms. The van der Waals surface area contributed by atoms with Gasteiger partial charge in [0, 0.05) is 24.2 Å². The Morgan fingerprint density at radius 1 is 0.957 bits per heavy atom. The van der Waals surface area contributed by atoms with Crippen LogP contribution in [0.15, 0.2) is 96.9 Å². The van der Waals surface area contributed by atoms with Gasteiger partial charge >= 0.3 is 0 Å². The highest BCUT2D eigenvalue weighted by Crippen LogP contribution is 2.25. The maximum atomic E-state index is 13.8. The molecule has 0 saturated heterocycles. The van der Waals surface area contributed by atoms with Gasteiger partial charge in [-0.1, -0.05) is 44.2 Å². The van der Waals surface area contributed by atoms with E-state index in [4.69, 9.17) is 9.47 Å². The summed E-state index contributed by atoms with van der Waals surface area (Å²) >= 11 is 0. The first kappa shape index (κ1) is 36.3. The summed E-state index contributed by atoms with van der Waals surface area (Å²) in [6.45, 7) is 11.6. The van der Waals surface area contributed by atoms with Crippen molar-refractivity contribution in [2.75, 3.05) is 26.8 Å². The van der Waals surface area contributed by atoms with Crippen LogP contribution in [0.25, 0.3) is 0 Å². The zero-order valence-corrected chi connectivity index (χ0v) is 27.7. The van der Waals surface area contributed by atoms with Crippen LogP contribution >= 0.6 is 0 Å². The van der Waals surface area contributed by atoms with Crippen LogP contribution < -0.4 is 14.8 Å². The first-order chi connectivity index (χ1) is 22.0. The Morgan fingerprint density at radius 3 is 2.22 bits per heavy atom. The molecule has 1 amide bonds. The van der Waals surface area contributed by atoms with E-state index in [0.29, 0.717) is 42.9 Å². The molecule has 0 radical (unpaired) electrons. The van der Waals surface area contributed by atoms with Crippen molar-refractivity contribution in [1.82, 2.24) is 9.62 Å². The Hall–Kier alpha value is -4.12. The molecular formula is C36H46N2O7S. The first-order valence-corrected chi connectivity index (χ1v) is 16.8. The molecule has 248 valence electrons. The minimum absolute atomic E-state index is 0.00710. The van der Waals surface area contributed by atoms with Gasteiger partial charge in [0.2, 0.25) is 10.0 Å². The highest BCUT2D eigenvalue weighted by atomic mass is 32.2. The smallest absolute Gasteiger partial charge is 0.252 e. The van der Waals surface area contributed by atoms with E-state index in [2.05, 4.69) is 18.5 Å². The number of allylic oxidation sites excluding steroid dienone is 1. The number of hydrogen-bond donors (Lipinski definition) is 3. The molecule has 0 spiro atoms. The molecule has 3 rings (SSSR count). The van der Waals surface area contributed by atoms with Crippen LogP contribution in [0.4, 0.5) is 0 Å². The number of amides is 1. The molecule has 46 heavy (non-hydrogen) atoms. The van der Waals surface area contributed by atoms with Gasteiger partial charge in [0.05, 0.1) is 30.8 Å². The van der Waals surface area contributed by atoms with E-state index in [1.165, 1.54) is 29.6 Å². The number of ether oxygens (including phenoxy) is 2. The minimum Gasteiger partial charge on any atom is -0.508 e. The average Bonchev–Trinajstić information content (AvgIpc) is 3.04. The van der Waals surface area contributed by atoms with Gasteiger partial charge in [-0.2, -0.15) is 4.31 Å². The van der Waals surface area contributed by atoms with Crippen molar-refractivity contribution in [3.8, 4) is 17.2 Å².